The molecule has 0 fully saturated rings. The standard InChI is InChI=1S/CHO2.Co/c2-1-3;/h(H,2,3);/q-1;+1. The fourth-order valence-corrected chi connectivity index (χ4v) is 0. The molecule has 0 bridgehead atoms. The molecule has 4 heavy (non-hydrogen) atoms. The van der Waals surface area contributed by atoms with Crippen molar-refractivity contribution < 1.29 is 26.7 Å². The third-order valence-electron chi connectivity index (χ3n) is 0. The average molecular weight is 104 g/mol. The van der Waals surface area contributed by atoms with Crippen LogP contribution in [-0.4, -0.2) is 11.6 Å². The maximum atomic E-state index is 8.24. The molecule has 0 aliphatic rings. The molecule has 26 valence electrons. The van der Waals surface area contributed by atoms with Gasteiger partial charge in [-0.05, 0) is 0 Å². The van der Waals surface area contributed by atoms with E-state index in [9.17, 15) is 0 Å². The predicted octanol–water partition coefficient (Wildman–Crippen LogP) is -0.391. The van der Waals surface area contributed by atoms with Crippen molar-refractivity contribution >= 4 is 6.47 Å². The van der Waals surface area contributed by atoms with Crippen LogP contribution < -0.4 is 0 Å². The molecule has 0 aliphatic heterocycles. The van der Waals surface area contributed by atoms with Crippen LogP contribution in [0, 0.1) is 0 Å². The topological polar surface area (TPSA) is 37.3 Å². The second kappa shape index (κ2) is 12.2. The van der Waals surface area contributed by atoms with Gasteiger partial charge in [0.15, 0.2) is 0 Å². The summed E-state index contributed by atoms with van der Waals surface area (Å²) in [6.07, 6.45) is 0. The minimum absolute atomic E-state index is 0. The van der Waals surface area contributed by atoms with Gasteiger partial charge in [-0.3, -0.25) is 0 Å². The van der Waals surface area contributed by atoms with Crippen LogP contribution in [0.15, 0.2) is 0 Å². The van der Waals surface area contributed by atoms with Gasteiger partial charge in [-0.15, -0.1) is 0 Å². The molecular weight excluding hydrogens is 103 g/mol. The molecule has 0 aromatic heterocycles. The van der Waals surface area contributed by atoms with E-state index in [0.29, 0.717) is 6.47 Å². The quantitative estimate of drug-likeness (QED) is 0.425. The molecule has 2 nitrogen and oxygen atoms in total. The molecule has 0 aliphatic carbocycles. The van der Waals surface area contributed by atoms with E-state index < -0.39 is 0 Å². The van der Waals surface area contributed by atoms with Gasteiger partial charge in [-0.25, -0.2) is 0 Å². The molecule has 0 heterocycles. The normalized spacial score (nSPS) is 3.00. The summed E-state index contributed by atoms with van der Waals surface area (Å²) in [5.74, 6) is 0. The van der Waals surface area contributed by atoms with E-state index in [-0.39, 0.29) is 16.8 Å². The van der Waals surface area contributed by atoms with Gasteiger partial charge in [-0.1, -0.05) is 6.47 Å². The molecule has 0 aromatic carbocycles. The molecule has 0 saturated heterocycles. The number of hydrogen-bond acceptors (Lipinski definition) is 1. The van der Waals surface area contributed by atoms with Crippen molar-refractivity contribution in [3.05, 3.63) is 0 Å². The number of hydrogen-bond donors (Lipinski definition) is 1. The van der Waals surface area contributed by atoms with Crippen molar-refractivity contribution in [1.29, 1.82) is 0 Å². The van der Waals surface area contributed by atoms with E-state index >= 15 is 0 Å². The van der Waals surface area contributed by atoms with Crippen molar-refractivity contribution in [2.75, 3.05) is 0 Å². The minimum atomic E-state index is 0. The Morgan fingerprint density at radius 3 is 1.75 bits per heavy atom. The second-order valence-electron chi connectivity index (χ2n) is 0.0913. The van der Waals surface area contributed by atoms with E-state index in [0.717, 1.165) is 0 Å². The zero-order valence-electron chi connectivity index (χ0n) is 1.69. The van der Waals surface area contributed by atoms with Gasteiger partial charge in [0.05, 0.1) is 0 Å². The zero-order chi connectivity index (χ0) is 2.71. The molecule has 0 amide bonds. The van der Waals surface area contributed by atoms with Crippen molar-refractivity contribution in [3.63, 3.8) is 0 Å². The van der Waals surface area contributed by atoms with Crippen LogP contribution in [0.4, 0.5) is 0 Å². The molecule has 1 N–H and O–H groups in total. The molecule has 0 spiro atoms. The minimum Gasteiger partial charge on any atom is -0.665 e. The first-order chi connectivity index (χ1) is 1.41. The fraction of sp³-hybridized carbons (Fsp3) is 0. The van der Waals surface area contributed by atoms with E-state index in [1.165, 1.54) is 0 Å². The summed E-state index contributed by atoms with van der Waals surface area (Å²) >= 11 is 0. The van der Waals surface area contributed by atoms with Crippen LogP contribution >= 0.6 is 0 Å². The third kappa shape index (κ3) is 3410. The van der Waals surface area contributed by atoms with E-state index in [2.05, 4.69) is 0 Å². The predicted molar refractivity (Wildman–Crippen MR) is 8.32 cm³/mol. The largest absolute Gasteiger partial charge is 1.00 e. The Hall–Kier alpha value is -0.0235. The van der Waals surface area contributed by atoms with Gasteiger partial charge in [0, 0.05) is 0 Å². The van der Waals surface area contributed by atoms with Crippen molar-refractivity contribution in [3.8, 4) is 0 Å². The second-order valence-corrected chi connectivity index (χ2v) is 0.0913. The number of rotatable bonds is 0. The maximum absolute atomic E-state index is 8.24. The Kier molecular flexibility index (Phi) is 27.5. The summed E-state index contributed by atoms with van der Waals surface area (Å²) in [5.41, 5.74) is 0. The molecule has 3 heteroatoms. The van der Waals surface area contributed by atoms with Crippen LogP contribution in [0.3, 0.4) is 0 Å². The Labute approximate surface area is 34.0 Å². The van der Waals surface area contributed by atoms with Crippen molar-refractivity contribution in [1.82, 2.24) is 0 Å². The molecule has 0 atom stereocenters. The van der Waals surface area contributed by atoms with Crippen LogP contribution in [0.25, 0.3) is 0 Å². The van der Waals surface area contributed by atoms with Gasteiger partial charge in [0.2, 0.25) is 0 Å². The maximum Gasteiger partial charge on any atom is 1.00 e. The summed E-state index contributed by atoms with van der Waals surface area (Å²) < 4.78 is 0. The van der Waals surface area contributed by atoms with E-state index in [4.69, 9.17) is 9.90 Å². The first-order valence-corrected chi connectivity index (χ1v) is 0.428. The fourth-order valence-electron chi connectivity index (χ4n) is 0. The van der Waals surface area contributed by atoms with Gasteiger partial charge in [0.1, 0.15) is 0 Å². The smallest absolute Gasteiger partial charge is 0.665 e. The average Bonchev–Trinajstić information content (AvgIpc) is 0.918. The summed E-state index contributed by atoms with van der Waals surface area (Å²) in [6, 6.07) is 0. The van der Waals surface area contributed by atoms with Gasteiger partial charge in [-0.2, -0.15) is 0 Å². The molecule has 0 rings (SSSR count). The van der Waals surface area contributed by atoms with Gasteiger partial charge < -0.3 is 9.90 Å². The Balaban J connectivity index is 0. The SMILES string of the molecule is O=[C-]O.[Co+]. The molecule has 0 radical (unpaired) electrons. The van der Waals surface area contributed by atoms with Crippen molar-refractivity contribution in [2.45, 2.75) is 0 Å². The van der Waals surface area contributed by atoms with E-state index in [1.807, 2.05) is 0 Å². The van der Waals surface area contributed by atoms with Crippen molar-refractivity contribution in [2.24, 2.45) is 0 Å². The first-order valence-electron chi connectivity index (χ1n) is 0.428. The summed E-state index contributed by atoms with van der Waals surface area (Å²) in [5, 5.41) is 6.76. The zero-order valence-corrected chi connectivity index (χ0v) is 2.73. The Bertz CT molecular complexity index is 13.5. The Morgan fingerprint density at radius 1 is 1.75 bits per heavy atom. The molecule has 0 saturated carbocycles. The number of aliphatic hydroxyl groups excluding tert-OH is 1. The van der Waals surface area contributed by atoms with Gasteiger partial charge >= 0.3 is 16.8 Å². The van der Waals surface area contributed by atoms with Gasteiger partial charge in [0.25, 0.3) is 0 Å². The molecule has 0 aromatic rings. The first kappa shape index (κ1) is 9.02. The van der Waals surface area contributed by atoms with Crippen LogP contribution in [0.1, 0.15) is 0 Å². The summed E-state index contributed by atoms with van der Waals surface area (Å²) in [4.78, 5) is 8.24. The summed E-state index contributed by atoms with van der Waals surface area (Å²) in [6.45, 7) is 0.500. The van der Waals surface area contributed by atoms with Crippen LogP contribution in [-0.2, 0) is 21.6 Å². The molecule has 0 unspecified atom stereocenters. The monoisotopic (exact) mass is 104 g/mol. The third-order valence-corrected chi connectivity index (χ3v) is 0. The Morgan fingerprint density at radius 2 is 1.75 bits per heavy atom. The molecular formula is CHCoO2. The van der Waals surface area contributed by atoms with Crippen LogP contribution in [0.5, 0.6) is 0 Å². The summed E-state index contributed by atoms with van der Waals surface area (Å²) in [7, 11) is 0. The van der Waals surface area contributed by atoms with E-state index in [1.54, 1.807) is 0 Å². The van der Waals surface area contributed by atoms with Crippen LogP contribution in [0.2, 0.25) is 0 Å².